The van der Waals surface area contributed by atoms with Crippen molar-refractivity contribution in [1.29, 1.82) is 5.26 Å². The van der Waals surface area contributed by atoms with Crippen molar-refractivity contribution in [2.75, 3.05) is 11.1 Å². The Labute approximate surface area is 212 Å². The van der Waals surface area contributed by atoms with Crippen molar-refractivity contribution in [3.05, 3.63) is 59.2 Å². The molecular formula is C23H19F6N3O5S. The van der Waals surface area contributed by atoms with Crippen molar-refractivity contribution < 1.29 is 49.5 Å². The maximum absolute atomic E-state index is 13.1. The molecule has 2 aromatic carbocycles. The number of alkyl halides is 6. The Kier molecular flexibility index (Phi) is 7.55. The molecule has 8 nitrogen and oxygen atoms in total. The molecule has 15 heteroatoms. The lowest BCUT2D eigenvalue weighted by Gasteiger charge is -2.32. The van der Waals surface area contributed by atoms with Crippen molar-refractivity contribution in [3.8, 4) is 6.07 Å². The van der Waals surface area contributed by atoms with E-state index in [4.69, 9.17) is 5.26 Å². The number of nitrogens with zero attached hydrogens (tertiary/aromatic N) is 2. The maximum atomic E-state index is 13.1. The van der Waals surface area contributed by atoms with Gasteiger partial charge in [-0.05, 0) is 35.4 Å². The predicted molar refractivity (Wildman–Crippen MR) is 119 cm³/mol. The Hall–Kier alpha value is -3.64. The van der Waals surface area contributed by atoms with Gasteiger partial charge in [0.1, 0.15) is 12.5 Å². The number of benzene rings is 2. The minimum absolute atomic E-state index is 0.0510. The number of fused-ring (bicyclic) bond motifs is 1. The summed E-state index contributed by atoms with van der Waals surface area (Å²) >= 11 is 0. The van der Waals surface area contributed by atoms with E-state index in [1.165, 1.54) is 25.1 Å². The molecule has 1 unspecified atom stereocenters. The van der Waals surface area contributed by atoms with Crippen LogP contribution in [0.4, 0.5) is 32.0 Å². The van der Waals surface area contributed by atoms with Gasteiger partial charge in [-0.15, -0.1) is 0 Å². The highest BCUT2D eigenvalue weighted by Gasteiger charge is 2.71. The van der Waals surface area contributed by atoms with Gasteiger partial charge in [-0.2, -0.15) is 31.6 Å². The highest BCUT2D eigenvalue weighted by molar-refractivity contribution is 7.91. The smallest absolute Gasteiger partial charge is 0.369 e. The van der Waals surface area contributed by atoms with E-state index < -0.39 is 57.6 Å². The first-order chi connectivity index (χ1) is 17.5. The summed E-state index contributed by atoms with van der Waals surface area (Å²) in [5.41, 5.74) is -6.40. The van der Waals surface area contributed by atoms with Gasteiger partial charge in [-0.3, -0.25) is 9.59 Å². The molecule has 0 radical (unpaired) electrons. The number of nitrogens with one attached hydrogen (secondary N) is 1. The molecule has 1 atom stereocenters. The summed E-state index contributed by atoms with van der Waals surface area (Å²) in [6, 6.07) is 6.24. The fourth-order valence-electron chi connectivity index (χ4n) is 3.97. The number of nitriles is 1. The van der Waals surface area contributed by atoms with Crippen LogP contribution in [0.15, 0.2) is 47.4 Å². The van der Waals surface area contributed by atoms with Gasteiger partial charge in [0, 0.05) is 17.8 Å². The van der Waals surface area contributed by atoms with Crippen molar-refractivity contribution in [2.24, 2.45) is 0 Å². The molecule has 0 aromatic heterocycles. The summed E-state index contributed by atoms with van der Waals surface area (Å²) in [6.07, 6.45) is -12.8. The number of anilines is 1. The normalized spacial score (nSPS) is 16.1. The summed E-state index contributed by atoms with van der Waals surface area (Å²) in [6.45, 7) is 1.21. The van der Waals surface area contributed by atoms with Crippen molar-refractivity contribution >= 4 is 27.3 Å². The van der Waals surface area contributed by atoms with Gasteiger partial charge in [0.2, 0.25) is 5.91 Å². The fraction of sp³-hybridized carbons (Fsp3) is 0.348. The van der Waals surface area contributed by atoms with E-state index in [1.807, 2.05) is 0 Å². The number of sulfone groups is 1. The Morgan fingerprint density at radius 2 is 1.66 bits per heavy atom. The number of hydrogen-bond donors (Lipinski definition) is 2. The fourth-order valence-corrected chi connectivity index (χ4v) is 4.90. The number of aliphatic hydroxyl groups is 1. The predicted octanol–water partition coefficient (Wildman–Crippen LogP) is 3.73. The van der Waals surface area contributed by atoms with Crippen LogP contribution in [0, 0.1) is 11.3 Å². The second kappa shape index (κ2) is 9.91. The lowest BCUT2D eigenvalue weighted by atomic mass is 9.92. The van der Waals surface area contributed by atoms with E-state index in [1.54, 1.807) is 6.07 Å². The summed E-state index contributed by atoms with van der Waals surface area (Å²) in [5, 5.41) is 20.7. The highest BCUT2D eigenvalue weighted by atomic mass is 32.2. The molecule has 0 fully saturated rings. The standard InChI is InChI=1S/C23H19F6N3O5S/c1-2-38(36,37)16-7-8-17-13(11-16)12-32(18(33)9-10-30)19(17)20(34)31-15-5-3-14(4-6-15)21(35,22(24,25)26)23(27,28)29/h3-8,11,19,35H,2,9,12H2,1H3,(H,31,34). The summed E-state index contributed by atoms with van der Waals surface area (Å²) in [4.78, 5) is 26.6. The lowest BCUT2D eigenvalue weighted by Crippen LogP contribution is -2.53. The summed E-state index contributed by atoms with van der Waals surface area (Å²) < 4.78 is 103. The van der Waals surface area contributed by atoms with Gasteiger partial charge in [0.25, 0.3) is 11.5 Å². The average molecular weight is 563 g/mol. The second-order valence-electron chi connectivity index (χ2n) is 8.30. The van der Waals surface area contributed by atoms with E-state index in [0.717, 1.165) is 4.90 Å². The molecule has 1 aliphatic rings. The largest absolute Gasteiger partial charge is 0.430 e. The van der Waals surface area contributed by atoms with Crippen LogP contribution in [0.3, 0.4) is 0 Å². The number of carbonyl (C=O) groups excluding carboxylic acids is 2. The van der Waals surface area contributed by atoms with Crippen LogP contribution in [0.2, 0.25) is 0 Å². The van der Waals surface area contributed by atoms with Gasteiger partial charge in [-0.1, -0.05) is 25.1 Å². The molecule has 38 heavy (non-hydrogen) atoms. The van der Waals surface area contributed by atoms with Gasteiger partial charge in [-0.25, -0.2) is 8.42 Å². The molecular weight excluding hydrogens is 544 g/mol. The molecule has 1 heterocycles. The zero-order valence-corrected chi connectivity index (χ0v) is 20.2. The third-order valence-electron chi connectivity index (χ3n) is 5.99. The summed E-state index contributed by atoms with van der Waals surface area (Å²) in [7, 11) is -3.63. The minimum Gasteiger partial charge on any atom is -0.369 e. The first kappa shape index (κ1) is 28.9. The first-order valence-electron chi connectivity index (χ1n) is 10.8. The second-order valence-corrected chi connectivity index (χ2v) is 10.6. The molecule has 0 saturated heterocycles. The molecule has 0 spiro atoms. The van der Waals surface area contributed by atoms with E-state index in [9.17, 15) is 49.5 Å². The van der Waals surface area contributed by atoms with Crippen LogP contribution in [-0.4, -0.2) is 48.3 Å². The van der Waals surface area contributed by atoms with Crippen LogP contribution in [0.5, 0.6) is 0 Å². The minimum atomic E-state index is -6.09. The zero-order valence-electron chi connectivity index (χ0n) is 19.4. The van der Waals surface area contributed by atoms with E-state index in [2.05, 4.69) is 5.32 Å². The third kappa shape index (κ3) is 5.05. The Balaban J connectivity index is 1.95. The number of carbonyl (C=O) groups is 2. The molecule has 3 rings (SSSR count). The highest BCUT2D eigenvalue weighted by Crippen LogP contribution is 2.50. The number of amides is 2. The Morgan fingerprint density at radius 1 is 1.08 bits per heavy atom. The quantitative estimate of drug-likeness (QED) is 0.516. The van der Waals surface area contributed by atoms with Crippen LogP contribution < -0.4 is 5.32 Å². The first-order valence-corrected chi connectivity index (χ1v) is 12.4. The van der Waals surface area contributed by atoms with Gasteiger partial charge in [0.05, 0.1) is 16.7 Å². The number of halogens is 6. The monoisotopic (exact) mass is 563 g/mol. The average Bonchev–Trinajstić information content (AvgIpc) is 3.22. The van der Waals surface area contributed by atoms with Crippen LogP contribution in [-0.2, 0) is 31.6 Å². The summed E-state index contributed by atoms with van der Waals surface area (Å²) in [5.74, 6) is -1.89. The van der Waals surface area contributed by atoms with Crippen LogP contribution in [0.25, 0.3) is 0 Å². The van der Waals surface area contributed by atoms with Crippen molar-refractivity contribution in [1.82, 2.24) is 4.90 Å². The van der Waals surface area contributed by atoms with Gasteiger partial charge >= 0.3 is 12.4 Å². The molecule has 1 aliphatic heterocycles. The molecule has 0 bridgehead atoms. The molecule has 204 valence electrons. The zero-order chi connectivity index (χ0) is 28.7. The number of hydrogen-bond acceptors (Lipinski definition) is 6. The SMILES string of the molecule is CCS(=O)(=O)c1ccc2c(c1)CN(C(=O)CC#N)C2C(=O)Nc1ccc(C(O)(C(F)(F)F)C(F)(F)F)cc1. The van der Waals surface area contributed by atoms with Crippen molar-refractivity contribution in [3.63, 3.8) is 0 Å². The molecule has 2 aromatic rings. The van der Waals surface area contributed by atoms with E-state index in [0.29, 0.717) is 29.8 Å². The molecule has 0 saturated carbocycles. The van der Waals surface area contributed by atoms with Crippen LogP contribution in [0.1, 0.15) is 36.1 Å². The number of rotatable bonds is 6. The van der Waals surface area contributed by atoms with Crippen LogP contribution >= 0.6 is 0 Å². The molecule has 2 amide bonds. The van der Waals surface area contributed by atoms with E-state index >= 15 is 0 Å². The Morgan fingerprint density at radius 3 is 2.16 bits per heavy atom. The lowest BCUT2D eigenvalue weighted by molar-refractivity contribution is -0.376. The molecule has 2 N–H and O–H groups in total. The maximum Gasteiger partial charge on any atom is 0.430 e. The molecule has 0 aliphatic carbocycles. The van der Waals surface area contributed by atoms with Gasteiger partial charge in [0.15, 0.2) is 9.84 Å². The van der Waals surface area contributed by atoms with Gasteiger partial charge < -0.3 is 15.3 Å². The third-order valence-corrected chi connectivity index (χ3v) is 7.72. The Bertz CT molecular complexity index is 1380. The van der Waals surface area contributed by atoms with Crippen molar-refractivity contribution in [2.45, 2.75) is 48.8 Å². The van der Waals surface area contributed by atoms with E-state index in [-0.39, 0.29) is 28.4 Å². The topological polar surface area (TPSA) is 128 Å².